The molecule has 1 fully saturated rings. The zero-order valence-electron chi connectivity index (χ0n) is 12.1. The lowest BCUT2D eigenvalue weighted by atomic mass is 9.98. The van der Waals surface area contributed by atoms with E-state index >= 15 is 0 Å². The Balaban J connectivity index is 1.88. The van der Waals surface area contributed by atoms with Gasteiger partial charge in [0.05, 0.1) is 18.5 Å². The molecule has 0 atom stereocenters. The minimum absolute atomic E-state index is 0.196. The molecule has 0 radical (unpaired) electrons. The summed E-state index contributed by atoms with van der Waals surface area (Å²) in [6.45, 7) is 8.50. The zero-order valence-corrected chi connectivity index (χ0v) is 12.9. The Morgan fingerprint density at radius 1 is 1.30 bits per heavy atom. The molecule has 0 spiro atoms. The molecule has 110 valence electrons. The number of nitrogens with zero attached hydrogens (tertiary/aromatic N) is 3. The molecule has 0 aliphatic carbocycles. The van der Waals surface area contributed by atoms with Crippen molar-refractivity contribution in [1.82, 2.24) is 10.0 Å². The molecule has 0 bridgehead atoms. The SMILES string of the molecule is CC(C)(C)C(=O)ON1CCN(c2ccnc(Cl)c2)CC1. The number of pyridine rings is 1. The second-order valence-electron chi connectivity index (χ2n) is 5.88. The molecule has 0 unspecified atom stereocenters. The van der Waals surface area contributed by atoms with E-state index in [1.165, 1.54) is 0 Å². The summed E-state index contributed by atoms with van der Waals surface area (Å²) in [6, 6.07) is 3.78. The first-order valence-electron chi connectivity index (χ1n) is 6.70. The average Bonchev–Trinajstić information content (AvgIpc) is 2.38. The van der Waals surface area contributed by atoms with Gasteiger partial charge in [-0.2, -0.15) is 0 Å². The maximum Gasteiger partial charge on any atom is 0.330 e. The van der Waals surface area contributed by atoms with Crippen LogP contribution in [-0.4, -0.2) is 42.2 Å². The number of hydrogen-bond donors (Lipinski definition) is 0. The molecule has 1 aliphatic rings. The monoisotopic (exact) mass is 297 g/mol. The van der Waals surface area contributed by atoms with E-state index in [9.17, 15) is 4.79 Å². The Bertz CT molecular complexity index is 480. The third-order valence-electron chi connectivity index (χ3n) is 3.14. The summed E-state index contributed by atoms with van der Waals surface area (Å²) in [4.78, 5) is 23.4. The maximum atomic E-state index is 11.8. The molecular formula is C14H20ClN3O2. The molecule has 1 aromatic rings. The fraction of sp³-hybridized carbons (Fsp3) is 0.571. The Labute approximate surface area is 124 Å². The predicted molar refractivity (Wildman–Crippen MR) is 78.6 cm³/mol. The van der Waals surface area contributed by atoms with E-state index in [1.54, 1.807) is 11.3 Å². The summed E-state index contributed by atoms with van der Waals surface area (Å²) in [6.07, 6.45) is 1.70. The minimum Gasteiger partial charge on any atom is -0.369 e. The number of halogens is 1. The van der Waals surface area contributed by atoms with E-state index in [2.05, 4.69) is 9.88 Å². The van der Waals surface area contributed by atoms with Crippen molar-refractivity contribution in [2.24, 2.45) is 5.41 Å². The molecule has 1 aromatic heterocycles. The van der Waals surface area contributed by atoms with Gasteiger partial charge in [0.25, 0.3) is 0 Å². The standard InChI is InChI=1S/C14H20ClN3O2/c1-14(2,3)13(19)20-18-8-6-17(7-9-18)11-4-5-16-12(15)10-11/h4-5,10H,6-9H2,1-3H3. The van der Waals surface area contributed by atoms with Gasteiger partial charge >= 0.3 is 5.97 Å². The van der Waals surface area contributed by atoms with E-state index in [4.69, 9.17) is 16.4 Å². The number of anilines is 1. The Morgan fingerprint density at radius 3 is 2.50 bits per heavy atom. The van der Waals surface area contributed by atoms with Gasteiger partial charge in [-0.15, -0.1) is 5.06 Å². The quantitative estimate of drug-likeness (QED) is 0.784. The third kappa shape index (κ3) is 3.84. The number of piperazine rings is 1. The van der Waals surface area contributed by atoms with Crippen molar-refractivity contribution >= 4 is 23.3 Å². The topological polar surface area (TPSA) is 45.7 Å². The van der Waals surface area contributed by atoms with Gasteiger partial charge in [0.2, 0.25) is 0 Å². The lowest BCUT2D eigenvalue weighted by Gasteiger charge is -2.35. The van der Waals surface area contributed by atoms with E-state index < -0.39 is 5.41 Å². The van der Waals surface area contributed by atoms with E-state index in [0.29, 0.717) is 18.2 Å². The fourth-order valence-corrected chi connectivity index (χ4v) is 2.05. The summed E-state index contributed by atoms with van der Waals surface area (Å²) in [7, 11) is 0. The van der Waals surface area contributed by atoms with Crippen LogP contribution in [0.3, 0.4) is 0 Å². The molecule has 0 amide bonds. The van der Waals surface area contributed by atoms with Crippen LogP contribution in [0.5, 0.6) is 0 Å². The molecule has 2 heterocycles. The van der Waals surface area contributed by atoms with Gasteiger partial charge in [0, 0.05) is 25.0 Å². The van der Waals surface area contributed by atoms with Gasteiger partial charge in [0.15, 0.2) is 0 Å². The largest absolute Gasteiger partial charge is 0.369 e. The first kappa shape index (κ1) is 15.1. The van der Waals surface area contributed by atoms with Crippen molar-refractivity contribution < 1.29 is 9.63 Å². The molecule has 0 N–H and O–H groups in total. The zero-order chi connectivity index (χ0) is 14.8. The van der Waals surface area contributed by atoms with Crippen LogP contribution < -0.4 is 4.90 Å². The van der Waals surface area contributed by atoms with Crippen LogP contribution in [-0.2, 0) is 9.63 Å². The molecule has 20 heavy (non-hydrogen) atoms. The number of carbonyl (C=O) groups is 1. The van der Waals surface area contributed by atoms with Gasteiger partial charge < -0.3 is 9.74 Å². The molecule has 5 nitrogen and oxygen atoms in total. The van der Waals surface area contributed by atoms with Crippen molar-refractivity contribution in [2.45, 2.75) is 20.8 Å². The van der Waals surface area contributed by atoms with E-state index in [-0.39, 0.29) is 5.97 Å². The van der Waals surface area contributed by atoms with Gasteiger partial charge in [-0.1, -0.05) is 11.6 Å². The smallest absolute Gasteiger partial charge is 0.330 e. The third-order valence-corrected chi connectivity index (χ3v) is 3.35. The molecule has 0 aromatic carbocycles. The minimum atomic E-state index is -0.476. The van der Waals surface area contributed by atoms with Gasteiger partial charge in [0.1, 0.15) is 5.15 Å². The van der Waals surface area contributed by atoms with Crippen LogP contribution >= 0.6 is 11.6 Å². The lowest BCUT2D eigenvalue weighted by molar-refractivity contribution is -0.201. The van der Waals surface area contributed by atoms with Crippen LogP contribution in [0.25, 0.3) is 0 Å². The van der Waals surface area contributed by atoms with Crippen LogP contribution in [0.2, 0.25) is 5.15 Å². The Hall–Kier alpha value is -1.33. The molecule has 1 aliphatic heterocycles. The summed E-state index contributed by atoms with van der Waals surface area (Å²) < 4.78 is 0. The molecule has 0 saturated carbocycles. The van der Waals surface area contributed by atoms with Gasteiger partial charge in [-0.05, 0) is 32.9 Å². The molecule has 6 heteroatoms. The van der Waals surface area contributed by atoms with Crippen molar-refractivity contribution in [3.63, 3.8) is 0 Å². The van der Waals surface area contributed by atoms with E-state index in [1.807, 2.05) is 32.9 Å². The van der Waals surface area contributed by atoms with Gasteiger partial charge in [-0.3, -0.25) is 0 Å². The highest BCUT2D eigenvalue weighted by atomic mass is 35.5. The van der Waals surface area contributed by atoms with Gasteiger partial charge in [-0.25, -0.2) is 9.78 Å². The second kappa shape index (κ2) is 5.97. The molecule has 2 rings (SSSR count). The normalized spacial score (nSPS) is 17.1. The first-order chi connectivity index (χ1) is 9.36. The number of hydrogen-bond acceptors (Lipinski definition) is 5. The highest BCUT2D eigenvalue weighted by Gasteiger charge is 2.27. The van der Waals surface area contributed by atoms with Crippen LogP contribution in [0.1, 0.15) is 20.8 Å². The summed E-state index contributed by atoms with van der Waals surface area (Å²) in [5, 5.41) is 2.22. The first-order valence-corrected chi connectivity index (χ1v) is 7.08. The Morgan fingerprint density at radius 2 is 1.95 bits per heavy atom. The fourth-order valence-electron chi connectivity index (χ4n) is 1.88. The second-order valence-corrected chi connectivity index (χ2v) is 6.27. The van der Waals surface area contributed by atoms with Crippen molar-refractivity contribution in [2.75, 3.05) is 31.1 Å². The average molecular weight is 298 g/mol. The number of hydroxylamine groups is 2. The lowest BCUT2D eigenvalue weighted by Crippen LogP contribution is -2.48. The van der Waals surface area contributed by atoms with Crippen LogP contribution in [0, 0.1) is 5.41 Å². The van der Waals surface area contributed by atoms with Crippen molar-refractivity contribution in [3.8, 4) is 0 Å². The summed E-state index contributed by atoms with van der Waals surface area (Å²) in [5.41, 5.74) is 0.572. The number of carbonyl (C=O) groups excluding carboxylic acids is 1. The molecule has 1 saturated heterocycles. The van der Waals surface area contributed by atoms with Crippen LogP contribution in [0.4, 0.5) is 5.69 Å². The Kier molecular flexibility index (Phi) is 4.50. The predicted octanol–water partition coefficient (Wildman–Crippen LogP) is 2.36. The van der Waals surface area contributed by atoms with Crippen molar-refractivity contribution in [1.29, 1.82) is 0 Å². The van der Waals surface area contributed by atoms with Crippen LogP contribution in [0.15, 0.2) is 18.3 Å². The van der Waals surface area contributed by atoms with E-state index in [0.717, 1.165) is 18.8 Å². The summed E-state index contributed by atoms with van der Waals surface area (Å²) >= 11 is 5.89. The highest BCUT2D eigenvalue weighted by Crippen LogP contribution is 2.20. The maximum absolute atomic E-state index is 11.8. The highest BCUT2D eigenvalue weighted by molar-refractivity contribution is 6.29. The number of aromatic nitrogens is 1. The molecular weight excluding hydrogens is 278 g/mol. The summed E-state index contributed by atoms with van der Waals surface area (Å²) in [5.74, 6) is -0.196. The van der Waals surface area contributed by atoms with Crippen molar-refractivity contribution in [3.05, 3.63) is 23.5 Å². The number of rotatable bonds is 2.